The van der Waals surface area contributed by atoms with Crippen LogP contribution in [0.5, 0.6) is 0 Å². The van der Waals surface area contributed by atoms with E-state index in [9.17, 15) is 18.8 Å². The summed E-state index contributed by atoms with van der Waals surface area (Å²) in [5, 5.41) is 9.30. The van der Waals surface area contributed by atoms with Gasteiger partial charge in [0.15, 0.2) is 5.82 Å². The second-order valence-corrected chi connectivity index (χ2v) is 8.38. The number of rotatable bonds is 3. The Bertz CT molecular complexity index is 1320. The number of imidazole rings is 1. The van der Waals surface area contributed by atoms with Crippen molar-refractivity contribution < 1.29 is 18.8 Å². The molecule has 2 aromatic heterocycles. The van der Waals surface area contributed by atoms with Crippen molar-refractivity contribution in [1.29, 1.82) is 0 Å². The van der Waals surface area contributed by atoms with Crippen LogP contribution in [0, 0.1) is 12.7 Å². The summed E-state index contributed by atoms with van der Waals surface area (Å²) in [5.41, 5.74) is 1.75. The van der Waals surface area contributed by atoms with E-state index in [2.05, 4.69) is 37.4 Å². The molecule has 0 radical (unpaired) electrons. The first kappa shape index (κ1) is 25.8. The van der Waals surface area contributed by atoms with Gasteiger partial charge >= 0.3 is 0 Å². The van der Waals surface area contributed by atoms with E-state index in [4.69, 9.17) is 11.6 Å². The van der Waals surface area contributed by atoms with Crippen LogP contribution in [-0.2, 0) is 22.7 Å². The number of hydrogen-bond donors (Lipinski definition) is 3. The lowest BCUT2D eigenvalue weighted by atomic mass is 10.2. The van der Waals surface area contributed by atoms with Gasteiger partial charge in [-0.05, 0) is 48.8 Å². The third-order valence-corrected chi connectivity index (χ3v) is 5.98. The number of hydrogen-bond acceptors (Lipinski definition) is 6. The number of amides is 3. The first-order valence-corrected chi connectivity index (χ1v) is 11.5. The second-order valence-electron chi connectivity index (χ2n) is 7.14. The standard InChI is InChI=1S/C9H11N5O3.C8H7NS.C6H4ClF/c1-10-9(17)8-13-7(12-4-15)5-2-11-6(16)3-14(5)8;1-6-7-4-2-3-5-8(7)10-9-6;7-5-1-3-6(8)4-2-5/h4H,2-3H2,1H3,(H,10,17)(H,11,16)(H,12,15);2-5H,1H3;1-4H. The Labute approximate surface area is 209 Å². The van der Waals surface area contributed by atoms with E-state index < -0.39 is 5.91 Å². The maximum atomic E-state index is 12.0. The highest BCUT2D eigenvalue weighted by molar-refractivity contribution is 7.13. The quantitative estimate of drug-likeness (QED) is 0.360. The second kappa shape index (κ2) is 12.0. The number of nitrogens with zero attached hydrogens (tertiary/aromatic N) is 3. The van der Waals surface area contributed by atoms with Crippen LogP contribution >= 0.6 is 23.1 Å². The molecule has 0 aliphatic carbocycles. The van der Waals surface area contributed by atoms with Crippen LogP contribution in [0.25, 0.3) is 10.1 Å². The molecular formula is C23H22ClFN6O3S. The molecule has 0 fully saturated rings. The van der Waals surface area contributed by atoms with E-state index in [1.807, 2.05) is 19.1 Å². The minimum Gasteiger partial charge on any atom is -0.352 e. The molecule has 0 atom stereocenters. The fourth-order valence-electron chi connectivity index (χ4n) is 3.12. The van der Waals surface area contributed by atoms with Crippen LogP contribution in [0.4, 0.5) is 10.2 Å². The molecule has 3 N–H and O–H groups in total. The normalized spacial score (nSPS) is 11.7. The van der Waals surface area contributed by atoms with Crippen molar-refractivity contribution in [2.75, 3.05) is 12.4 Å². The average molecular weight is 517 g/mol. The topological polar surface area (TPSA) is 118 Å². The molecular weight excluding hydrogens is 495 g/mol. The first-order chi connectivity index (χ1) is 16.8. The Balaban J connectivity index is 0.000000161. The zero-order valence-corrected chi connectivity index (χ0v) is 20.4. The Morgan fingerprint density at radius 1 is 1.23 bits per heavy atom. The van der Waals surface area contributed by atoms with Gasteiger partial charge < -0.3 is 20.5 Å². The molecule has 0 unspecified atom stereocenters. The van der Waals surface area contributed by atoms with Crippen molar-refractivity contribution in [3.05, 3.63) is 76.6 Å². The highest BCUT2D eigenvalue weighted by Crippen LogP contribution is 2.21. The summed E-state index contributed by atoms with van der Waals surface area (Å²) in [5.74, 6) is -0.452. The summed E-state index contributed by atoms with van der Waals surface area (Å²) in [4.78, 5) is 37.3. The maximum Gasteiger partial charge on any atom is 0.287 e. The minimum absolute atomic E-state index is 0.0195. The van der Waals surface area contributed by atoms with Crippen molar-refractivity contribution in [3.63, 3.8) is 0 Å². The molecule has 0 saturated heterocycles. The summed E-state index contributed by atoms with van der Waals surface area (Å²) >= 11 is 7.01. The van der Waals surface area contributed by atoms with Crippen LogP contribution in [0.3, 0.4) is 0 Å². The lowest BCUT2D eigenvalue weighted by molar-refractivity contribution is -0.122. The van der Waals surface area contributed by atoms with Gasteiger partial charge in [-0.15, -0.1) is 0 Å². The molecule has 0 saturated carbocycles. The number of aromatic nitrogens is 3. The highest BCUT2D eigenvalue weighted by Gasteiger charge is 2.26. The van der Waals surface area contributed by atoms with E-state index in [0.717, 1.165) is 5.69 Å². The predicted molar refractivity (Wildman–Crippen MR) is 133 cm³/mol. The third-order valence-electron chi connectivity index (χ3n) is 4.81. The number of fused-ring (bicyclic) bond motifs is 2. The van der Waals surface area contributed by atoms with Crippen molar-refractivity contribution in [2.24, 2.45) is 0 Å². The summed E-state index contributed by atoms with van der Waals surface area (Å²) < 4.78 is 19.0. The molecule has 5 rings (SSSR count). The SMILES string of the molecule is CNC(=O)c1nc(NC=O)c2n1CC(=O)NC2.Cc1nsc2ccccc12.Fc1ccc(Cl)cc1. The van der Waals surface area contributed by atoms with Crippen LogP contribution in [0.15, 0.2) is 48.5 Å². The average Bonchev–Trinajstić information content (AvgIpc) is 3.42. The van der Waals surface area contributed by atoms with Crippen molar-refractivity contribution in [3.8, 4) is 0 Å². The van der Waals surface area contributed by atoms with Crippen molar-refractivity contribution in [1.82, 2.24) is 24.6 Å². The van der Waals surface area contributed by atoms with Gasteiger partial charge in [-0.3, -0.25) is 14.4 Å². The van der Waals surface area contributed by atoms with Crippen LogP contribution in [0.2, 0.25) is 5.02 Å². The van der Waals surface area contributed by atoms with E-state index in [1.165, 1.54) is 46.0 Å². The van der Waals surface area contributed by atoms with E-state index in [1.54, 1.807) is 11.5 Å². The molecule has 2 aromatic carbocycles. The molecule has 1 aliphatic rings. The Hall–Kier alpha value is -3.83. The Kier molecular flexibility index (Phi) is 8.87. The number of aryl methyl sites for hydroxylation is 1. The Morgan fingerprint density at radius 3 is 2.57 bits per heavy atom. The van der Waals surface area contributed by atoms with Gasteiger partial charge in [0.1, 0.15) is 12.4 Å². The Morgan fingerprint density at radius 2 is 1.94 bits per heavy atom. The molecule has 3 amide bonds. The first-order valence-electron chi connectivity index (χ1n) is 10.3. The van der Waals surface area contributed by atoms with E-state index in [0.29, 0.717) is 22.9 Å². The molecule has 12 heteroatoms. The molecule has 0 bridgehead atoms. The molecule has 182 valence electrons. The fraction of sp³-hybridized carbons (Fsp3) is 0.174. The smallest absolute Gasteiger partial charge is 0.287 e. The zero-order chi connectivity index (χ0) is 25.4. The number of anilines is 1. The van der Waals surface area contributed by atoms with Crippen LogP contribution < -0.4 is 16.0 Å². The fourth-order valence-corrected chi connectivity index (χ4v) is 4.03. The summed E-state index contributed by atoms with van der Waals surface area (Å²) in [6, 6.07) is 14.0. The monoisotopic (exact) mass is 516 g/mol. The molecule has 3 heterocycles. The van der Waals surface area contributed by atoms with Crippen molar-refractivity contribution >= 4 is 57.3 Å². The number of carbonyl (C=O) groups is 3. The van der Waals surface area contributed by atoms with Gasteiger partial charge in [-0.25, -0.2) is 9.37 Å². The number of carbonyl (C=O) groups excluding carboxylic acids is 3. The molecule has 35 heavy (non-hydrogen) atoms. The summed E-state index contributed by atoms with van der Waals surface area (Å²) in [6.45, 7) is 2.30. The van der Waals surface area contributed by atoms with E-state index in [-0.39, 0.29) is 30.6 Å². The summed E-state index contributed by atoms with van der Waals surface area (Å²) in [7, 11) is 1.47. The van der Waals surface area contributed by atoms with Crippen LogP contribution in [-0.4, -0.2) is 39.2 Å². The maximum absolute atomic E-state index is 12.0. The highest BCUT2D eigenvalue weighted by atomic mass is 35.5. The van der Waals surface area contributed by atoms with Gasteiger partial charge in [-0.2, -0.15) is 4.37 Å². The van der Waals surface area contributed by atoms with Gasteiger partial charge in [0.25, 0.3) is 5.91 Å². The number of halogens is 2. The predicted octanol–water partition coefficient (Wildman–Crippen LogP) is 3.52. The zero-order valence-electron chi connectivity index (χ0n) is 18.8. The van der Waals surface area contributed by atoms with E-state index >= 15 is 0 Å². The van der Waals surface area contributed by atoms with Crippen molar-refractivity contribution in [2.45, 2.75) is 20.0 Å². The van der Waals surface area contributed by atoms with Gasteiger partial charge in [0.05, 0.1) is 22.6 Å². The molecule has 9 nitrogen and oxygen atoms in total. The molecule has 0 spiro atoms. The molecule has 4 aromatic rings. The summed E-state index contributed by atoms with van der Waals surface area (Å²) in [6.07, 6.45) is 0.479. The van der Waals surface area contributed by atoms with Gasteiger partial charge in [-0.1, -0.05) is 29.8 Å². The van der Waals surface area contributed by atoms with Gasteiger partial charge in [0.2, 0.25) is 18.1 Å². The number of nitrogens with one attached hydrogen (secondary N) is 3. The lowest BCUT2D eigenvalue weighted by Crippen LogP contribution is -2.36. The van der Waals surface area contributed by atoms with Gasteiger partial charge in [0, 0.05) is 17.5 Å². The van der Waals surface area contributed by atoms with Crippen LogP contribution in [0.1, 0.15) is 22.0 Å². The molecule has 1 aliphatic heterocycles. The number of benzene rings is 2. The third kappa shape index (κ3) is 6.61. The lowest BCUT2D eigenvalue weighted by Gasteiger charge is -2.17. The minimum atomic E-state index is -0.403. The largest absolute Gasteiger partial charge is 0.352 e.